The molecule has 0 spiro atoms. The van der Waals surface area contributed by atoms with E-state index in [1.165, 1.54) is 7.05 Å². The fourth-order valence-corrected chi connectivity index (χ4v) is 5.76. The van der Waals surface area contributed by atoms with Gasteiger partial charge in [-0.1, -0.05) is 0 Å². The number of hydrogen-bond donors (Lipinski definition) is 3. The van der Waals surface area contributed by atoms with Crippen LogP contribution in [0.15, 0.2) is 6.07 Å². The van der Waals surface area contributed by atoms with Crippen LogP contribution >= 0.6 is 0 Å². The molecule has 4 fully saturated rings. The summed E-state index contributed by atoms with van der Waals surface area (Å²) in [5.41, 5.74) is 11.2. The van der Waals surface area contributed by atoms with Crippen LogP contribution in [0.4, 0.5) is 5.82 Å². The Morgan fingerprint density at radius 3 is 1.74 bits per heavy atom. The Labute approximate surface area is 254 Å². The van der Waals surface area contributed by atoms with Crippen LogP contribution < -0.4 is 11.5 Å². The molecule has 5 heterocycles. The first-order valence-corrected chi connectivity index (χ1v) is 15.3. The summed E-state index contributed by atoms with van der Waals surface area (Å²) in [6.45, 7) is 16.8. The number of nitrogen functional groups attached to an aromatic ring is 1. The SMILES string of the molecule is CN.Nc1cc(C2CCN(C(=O)CN3CCOCC3)CC2)[nH]n1.[C-]#[N+]CC(=O)C1CCN(C(=O)CN2CCOCC2)CC1. The quantitative estimate of drug-likeness (QED) is 0.351. The molecule has 0 aromatic carbocycles. The predicted molar refractivity (Wildman–Crippen MR) is 162 cm³/mol. The highest BCUT2D eigenvalue weighted by Gasteiger charge is 2.29. The maximum absolute atomic E-state index is 12.3. The second-order valence-corrected chi connectivity index (χ2v) is 11.1. The molecule has 4 aliphatic rings. The molecule has 4 saturated heterocycles. The van der Waals surface area contributed by atoms with Crippen molar-refractivity contribution in [1.82, 2.24) is 29.8 Å². The summed E-state index contributed by atoms with van der Waals surface area (Å²) in [4.78, 5) is 47.4. The van der Waals surface area contributed by atoms with Crippen molar-refractivity contribution in [3.8, 4) is 0 Å². The molecule has 0 radical (unpaired) electrons. The number of likely N-dealkylation sites (tertiary alicyclic amines) is 2. The first-order chi connectivity index (χ1) is 20.9. The fourth-order valence-electron chi connectivity index (χ4n) is 5.76. The lowest BCUT2D eigenvalue weighted by Crippen LogP contribution is -2.47. The van der Waals surface area contributed by atoms with E-state index in [0.29, 0.717) is 64.0 Å². The average molecular weight is 604 g/mol. The Kier molecular flexibility index (Phi) is 14.8. The largest absolute Gasteiger partial charge is 0.382 e. The molecule has 0 aliphatic carbocycles. The van der Waals surface area contributed by atoms with Crippen molar-refractivity contribution in [2.45, 2.75) is 31.6 Å². The summed E-state index contributed by atoms with van der Waals surface area (Å²) in [7, 11) is 1.50. The average Bonchev–Trinajstić information content (AvgIpc) is 3.49. The highest BCUT2D eigenvalue weighted by molar-refractivity contribution is 5.85. The highest BCUT2D eigenvalue weighted by Crippen LogP contribution is 2.27. The zero-order chi connectivity index (χ0) is 31.0. The maximum atomic E-state index is 12.3. The van der Waals surface area contributed by atoms with E-state index >= 15 is 0 Å². The summed E-state index contributed by atoms with van der Waals surface area (Å²) in [5.74, 6) is 1.34. The second kappa shape index (κ2) is 18.5. The number of morpholine rings is 2. The predicted octanol–water partition coefficient (Wildman–Crippen LogP) is -0.349. The van der Waals surface area contributed by atoms with Crippen molar-refractivity contribution < 1.29 is 23.9 Å². The lowest BCUT2D eigenvalue weighted by atomic mass is 9.92. The number of piperidine rings is 2. The van der Waals surface area contributed by atoms with Crippen LogP contribution in [-0.4, -0.2) is 153 Å². The van der Waals surface area contributed by atoms with Gasteiger partial charge < -0.3 is 35.6 Å². The Morgan fingerprint density at radius 1 is 0.860 bits per heavy atom. The van der Waals surface area contributed by atoms with E-state index in [-0.39, 0.29) is 30.1 Å². The molecule has 5 N–H and O–H groups in total. The van der Waals surface area contributed by atoms with Crippen molar-refractivity contribution in [1.29, 1.82) is 0 Å². The molecule has 14 heteroatoms. The van der Waals surface area contributed by atoms with Crippen LogP contribution in [-0.2, 0) is 23.9 Å². The van der Waals surface area contributed by atoms with Gasteiger partial charge in [0, 0.05) is 76.0 Å². The van der Waals surface area contributed by atoms with Gasteiger partial charge in [0.15, 0.2) is 0 Å². The molecule has 43 heavy (non-hydrogen) atoms. The topological polar surface area (TPSA) is 168 Å². The van der Waals surface area contributed by atoms with Gasteiger partial charge in [-0.2, -0.15) is 5.10 Å². The van der Waals surface area contributed by atoms with E-state index in [9.17, 15) is 14.4 Å². The van der Waals surface area contributed by atoms with Crippen LogP contribution in [0.25, 0.3) is 4.85 Å². The van der Waals surface area contributed by atoms with Gasteiger partial charge in [-0.25, -0.2) is 6.57 Å². The van der Waals surface area contributed by atoms with Crippen LogP contribution in [0.3, 0.4) is 0 Å². The summed E-state index contributed by atoms with van der Waals surface area (Å²) < 4.78 is 10.6. The monoisotopic (exact) mass is 603 g/mol. The smallest absolute Gasteiger partial charge is 0.272 e. The zero-order valence-corrected chi connectivity index (χ0v) is 25.5. The number of H-pyrrole nitrogens is 1. The van der Waals surface area contributed by atoms with Gasteiger partial charge >= 0.3 is 0 Å². The normalized spacial score (nSPS) is 20.7. The van der Waals surface area contributed by atoms with E-state index in [0.717, 1.165) is 71.0 Å². The minimum Gasteiger partial charge on any atom is -0.382 e. The van der Waals surface area contributed by atoms with Gasteiger partial charge in [-0.15, -0.1) is 0 Å². The van der Waals surface area contributed by atoms with Crippen LogP contribution in [0, 0.1) is 12.5 Å². The number of ketones is 1. The molecule has 1 aromatic heterocycles. The Bertz CT molecular complexity index is 1030. The number of nitrogens with two attached hydrogens (primary N) is 2. The summed E-state index contributed by atoms with van der Waals surface area (Å²) in [6.07, 6.45) is 3.33. The number of aromatic nitrogens is 2. The molecule has 2 amide bonds. The molecule has 0 bridgehead atoms. The first kappa shape index (κ1) is 34.4. The third-order valence-electron chi connectivity index (χ3n) is 8.37. The Morgan fingerprint density at radius 2 is 1.33 bits per heavy atom. The van der Waals surface area contributed by atoms with Crippen molar-refractivity contribution in [2.24, 2.45) is 11.7 Å². The Balaban J connectivity index is 0.000000223. The number of Topliss-reactive ketones (excluding diaryl/α,β-unsaturated/α-hetero) is 1. The van der Waals surface area contributed by atoms with E-state index in [1.807, 2.05) is 15.9 Å². The van der Waals surface area contributed by atoms with Gasteiger partial charge in [-0.05, 0) is 32.7 Å². The molecule has 0 saturated carbocycles. The number of nitrogens with zero attached hydrogens (tertiary/aromatic N) is 6. The third-order valence-corrected chi connectivity index (χ3v) is 8.37. The number of hydrogen-bond acceptors (Lipinski definition) is 10. The first-order valence-electron chi connectivity index (χ1n) is 15.3. The summed E-state index contributed by atoms with van der Waals surface area (Å²) in [5, 5.41) is 6.96. The lowest BCUT2D eigenvalue weighted by molar-refractivity contribution is -0.136. The molecule has 14 nitrogen and oxygen atoms in total. The van der Waals surface area contributed by atoms with Crippen LogP contribution in [0.2, 0.25) is 0 Å². The van der Waals surface area contributed by atoms with Gasteiger partial charge in [0.2, 0.25) is 17.6 Å². The molecular formula is C29H49N9O5. The molecule has 0 atom stereocenters. The molecular weight excluding hydrogens is 554 g/mol. The number of rotatable bonds is 7. The van der Waals surface area contributed by atoms with E-state index in [2.05, 4.69) is 30.6 Å². The third kappa shape index (κ3) is 11.2. The molecule has 0 unspecified atom stereocenters. The number of carbonyl (C=O) groups is 3. The lowest BCUT2D eigenvalue weighted by Gasteiger charge is -2.34. The minimum absolute atomic E-state index is 0.0214. The standard InChI is InChI=1S/C14H23N5O2.C14H21N3O3.CH5N/c15-13-9-12(16-17-13)11-1-3-19(4-2-11)14(20)10-18-5-7-21-8-6-18;1-15-10-13(18)12-2-4-17(5-3-12)14(19)11-16-6-8-20-9-7-16;1-2/h9,11H,1-8,10H2,(H3,15,16,17);12H,2-11H2;2H2,1H3. The second-order valence-electron chi connectivity index (χ2n) is 11.1. The fraction of sp³-hybridized carbons (Fsp3) is 0.759. The summed E-state index contributed by atoms with van der Waals surface area (Å²) >= 11 is 0. The zero-order valence-electron chi connectivity index (χ0n) is 25.5. The summed E-state index contributed by atoms with van der Waals surface area (Å²) in [6, 6.07) is 1.90. The number of ether oxygens (including phenoxy) is 2. The number of aromatic amines is 1. The molecule has 1 aromatic rings. The Hall–Kier alpha value is -3.09. The van der Waals surface area contributed by atoms with Gasteiger partial charge in [0.25, 0.3) is 6.54 Å². The number of carbonyl (C=O) groups excluding carboxylic acids is 3. The molecule has 4 aliphatic heterocycles. The number of nitrogens with one attached hydrogen (secondary N) is 1. The van der Waals surface area contributed by atoms with Crippen molar-refractivity contribution in [3.05, 3.63) is 23.2 Å². The van der Waals surface area contributed by atoms with Crippen molar-refractivity contribution in [2.75, 3.05) is 111 Å². The highest BCUT2D eigenvalue weighted by atomic mass is 16.5. The van der Waals surface area contributed by atoms with E-state index in [1.54, 1.807) is 0 Å². The van der Waals surface area contributed by atoms with E-state index < -0.39 is 0 Å². The minimum atomic E-state index is -0.0310. The molecule has 5 rings (SSSR count). The molecule has 240 valence electrons. The van der Waals surface area contributed by atoms with Crippen molar-refractivity contribution >= 4 is 23.4 Å². The van der Waals surface area contributed by atoms with E-state index in [4.69, 9.17) is 21.8 Å². The number of anilines is 1. The number of amides is 2. The van der Waals surface area contributed by atoms with Crippen LogP contribution in [0.5, 0.6) is 0 Å². The van der Waals surface area contributed by atoms with Gasteiger partial charge in [0.1, 0.15) is 5.82 Å². The maximum Gasteiger partial charge on any atom is 0.272 e. The van der Waals surface area contributed by atoms with Crippen molar-refractivity contribution in [3.63, 3.8) is 0 Å². The van der Waals surface area contributed by atoms with Gasteiger partial charge in [0.05, 0.1) is 39.5 Å². The van der Waals surface area contributed by atoms with Gasteiger partial charge in [-0.3, -0.25) is 29.3 Å². The van der Waals surface area contributed by atoms with Crippen LogP contribution in [0.1, 0.15) is 37.3 Å².